The van der Waals surface area contributed by atoms with Crippen LogP contribution >= 0.6 is 0 Å². The van der Waals surface area contributed by atoms with Crippen LogP contribution in [0.2, 0.25) is 0 Å². The number of amides is 3. The number of halogens is 1. The van der Waals surface area contributed by atoms with Crippen LogP contribution in [0.1, 0.15) is 22.3 Å². The van der Waals surface area contributed by atoms with Gasteiger partial charge >= 0.3 is 0 Å². The summed E-state index contributed by atoms with van der Waals surface area (Å²) in [6.45, 7) is 0.677. The molecular weight excluding hydrogens is 607 g/mol. The smallest absolute Gasteiger partial charge is 0.258 e. The zero-order valence-corrected chi connectivity index (χ0v) is 26.0. The first-order chi connectivity index (χ1) is 22.7. The minimum atomic E-state index is -0.560. The van der Waals surface area contributed by atoms with Crippen molar-refractivity contribution in [1.82, 2.24) is 25.3 Å². The van der Waals surface area contributed by atoms with E-state index in [2.05, 4.69) is 21.0 Å². The van der Waals surface area contributed by atoms with Crippen LogP contribution in [-0.4, -0.2) is 77.9 Å². The van der Waals surface area contributed by atoms with Gasteiger partial charge in [-0.15, -0.1) is 0 Å². The number of hydrogen-bond acceptors (Lipinski definition) is 8. The van der Waals surface area contributed by atoms with Crippen LogP contribution in [0, 0.1) is 5.82 Å². The number of nitrogens with zero attached hydrogens (tertiary/aromatic N) is 3. The molecule has 1 aromatic heterocycles. The number of carbonyl (C=O) groups is 3. The Bertz CT molecular complexity index is 1790. The lowest BCUT2D eigenvalue weighted by Gasteiger charge is -2.38. The molecule has 3 aromatic carbocycles. The summed E-state index contributed by atoms with van der Waals surface area (Å²) in [4.78, 5) is 41.2. The molecule has 6 rings (SSSR count). The molecule has 1 saturated heterocycles. The molecular formula is C34H35FN6O6. The van der Waals surface area contributed by atoms with E-state index in [1.165, 1.54) is 12.1 Å². The number of rotatable bonds is 4. The van der Waals surface area contributed by atoms with E-state index in [1.54, 1.807) is 73.6 Å². The molecule has 1 fully saturated rings. The SMILES string of the molecule is COc1ccc2cc1-c1cccc(c1)OCC(=O)NCc1cc(F)cc(c1)O[C@@H]1CCN(CC(=O)Nc3ccn(C)n3)C[C@H]1NC2=O. The lowest BCUT2D eigenvalue weighted by atomic mass is 9.99. The maximum absolute atomic E-state index is 14.7. The standard InChI is InChI=1S/C34H35FN6O6/c1-40-10-9-31(39-40)38-32(42)19-41-11-8-30-28(18-41)37-34(44)23-6-7-29(45-2)27(15-23)22-4-3-5-25(14-22)46-20-33(43)36-17-21-12-24(35)16-26(13-21)47-30/h3-7,9-10,12-16,28,30H,8,11,17-20H2,1-2H3,(H,36,43)(H,37,44)(H,38,39,42)/t28-,30-/m1/s1. The first-order valence-electron chi connectivity index (χ1n) is 15.2. The molecule has 2 aliphatic rings. The maximum atomic E-state index is 14.7. The molecule has 0 unspecified atom stereocenters. The molecule has 4 aromatic rings. The summed E-state index contributed by atoms with van der Waals surface area (Å²) >= 11 is 0. The lowest BCUT2D eigenvalue weighted by Crippen LogP contribution is -2.57. The number of aryl methyl sites for hydroxylation is 1. The van der Waals surface area contributed by atoms with Crippen LogP contribution < -0.4 is 30.2 Å². The predicted octanol–water partition coefficient (Wildman–Crippen LogP) is 3.13. The topological polar surface area (TPSA) is 136 Å². The highest BCUT2D eigenvalue weighted by atomic mass is 19.1. The van der Waals surface area contributed by atoms with Crippen LogP contribution in [0.4, 0.5) is 10.2 Å². The highest BCUT2D eigenvalue weighted by Gasteiger charge is 2.33. The van der Waals surface area contributed by atoms with E-state index < -0.39 is 18.0 Å². The molecule has 3 amide bonds. The molecule has 2 aliphatic heterocycles. The van der Waals surface area contributed by atoms with Gasteiger partial charge in [-0.3, -0.25) is 24.0 Å². The van der Waals surface area contributed by atoms with Gasteiger partial charge in [-0.1, -0.05) is 12.1 Å². The number of hydrogen-bond donors (Lipinski definition) is 3. The van der Waals surface area contributed by atoms with Gasteiger partial charge in [0.1, 0.15) is 29.2 Å². The highest BCUT2D eigenvalue weighted by molar-refractivity contribution is 5.96. The zero-order valence-electron chi connectivity index (χ0n) is 26.0. The molecule has 0 saturated carbocycles. The van der Waals surface area contributed by atoms with Crippen molar-refractivity contribution in [3.05, 3.63) is 89.9 Å². The Balaban J connectivity index is 1.30. The fourth-order valence-corrected chi connectivity index (χ4v) is 5.73. The normalized spacial score (nSPS) is 18.5. The van der Waals surface area contributed by atoms with Gasteiger partial charge in [0.2, 0.25) is 5.91 Å². The quantitative estimate of drug-likeness (QED) is 0.309. The number of ether oxygens (including phenoxy) is 3. The number of carbonyl (C=O) groups excluding carboxylic acids is 3. The van der Waals surface area contributed by atoms with Gasteiger partial charge in [0.25, 0.3) is 11.8 Å². The van der Waals surface area contributed by atoms with Crippen molar-refractivity contribution >= 4 is 23.5 Å². The van der Waals surface area contributed by atoms with Crippen LogP contribution in [0.15, 0.2) is 72.9 Å². The summed E-state index contributed by atoms with van der Waals surface area (Å²) in [6.07, 6.45) is 1.64. The van der Waals surface area contributed by atoms with Crippen molar-refractivity contribution in [2.75, 3.05) is 38.7 Å². The third-order valence-corrected chi connectivity index (χ3v) is 7.98. The summed E-state index contributed by atoms with van der Waals surface area (Å²) in [7, 11) is 3.31. The molecule has 2 atom stereocenters. The second-order valence-corrected chi connectivity index (χ2v) is 11.5. The van der Waals surface area contributed by atoms with E-state index in [-0.39, 0.29) is 43.2 Å². The van der Waals surface area contributed by atoms with Gasteiger partial charge < -0.3 is 30.2 Å². The van der Waals surface area contributed by atoms with E-state index >= 15 is 0 Å². The predicted molar refractivity (Wildman–Crippen MR) is 171 cm³/mol. The third kappa shape index (κ3) is 7.87. The van der Waals surface area contributed by atoms with Crippen LogP contribution in [0.25, 0.3) is 11.1 Å². The lowest BCUT2D eigenvalue weighted by molar-refractivity contribution is -0.123. The molecule has 0 radical (unpaired) electrons. The molecule has 13 heteroatoms. The van der Waals surface area contributed by atoms with E-state index in [1.807, 2.05) is 11.0 Å². The average molecular weight is 643 g/mol. The number of fused-ring (bicyclic) bond motifs is 8. The second kappa shape index (κ2) is 13.9. The summed E-state index contributed by atoms with van der Waals surface area (Å²) < 4.78 is 33.9. The van der Waals surface area contributed by atoms with Crippen molar-refractivity contribution < 1.29 is 33.0 Å². The van der Waals surface area contributed by atoms with Crippen LogP contribution in [0.3, 0.4) is 0 Å². The van der Waals surface area contributed by atoms with Gasteiger partial charge in [-0.05, 0) is 60.0 Å². The summed E-state index contributed by atoms with van der Waals surface area (Å²) in [5.74, 6) is 0.201. The number of methoxy groups -OCH3 is 1. The van der Waals surface area contributed by atoms with Crippen molar-refractivity contribution in [3.63, 3.8) is 0 Å². The van der Waals surface area contributed by atoms with Crippen molar-refractivity contribution in [2.24, 2.45) is 7.05 Å². The second-order valence-electron chi connectivity index (χ2n) is 11.5. The monoisotopic (exact) mass is 642 g/mol. The Morgan fingerprint density at radius 2 is 1.96 bits per heavy atom. The number of piperidine rings is 1. The minimum absolute atomic E-state index is 0.0589. The molecule has 47 heavy (non-hydrogen) atoms. The fraction of sp³-hybridized carbons (Fsp3) is 0.294. The number of benzene rings is 3. The first-order valence-corrected chi connectivity index (χ1v) is 15.2. The number of anilines is 1. The van der Waals surface area contributed by atoms with E-state index in [4.69, 9.17) is 14.2 Å². The van der Waals surface area contributed by atoms with Crippen LogP contribution in [0.5, 0.6) is 17.2 Å². The summed E-state index contributed by atoms with van der Waals surface area (Å²) in [6, 6.07) is 17.6. The molecule has 12 nitrogen and oxygen atoms in total. The third-order valence-electron chi connectivity index (χ3n) is 7.98. The minimum Gasteiger partial charge on any atom is -0.496 e. The number of likely N-dealkylation sites (tertiary alicyclic amines) is 1. The van der Waals surface area contributed by atoms with Crippen LogP contribution in [-0.2, 0) is 23.2 Å². The van der Waals surface area contributed by atoms with Gasteiger partial charge in [0.15, 0.2) is 12.4 Å². The largest absolute Gasteiger partial charge is 0.496 e. The first kappa shape index (κ1) is 31.5. The van der Waals surface area contributed by atoms with Crippen molar-refractivity contribution in [1.29, 1.82) is 0 Å². The van der Waals surface area contributed by atoms with Crippen molar-refractivity contribution in [3.8, 4) is 28.4 Å². The number of aromatic nitrogens is 2. The summed E-state index contributed by atoms with van der Waals surface area (Å²) in [5.41, 5.74) is 2.26. The van der Waals surface area contributed by atoms with Crippen molar-refractivity contribution in [2.45, 2.75) is 25.1 Å². The summed E-state index contributed by atoms with van der Waals surface area (Å²) in [5, 5.41) is 12.8. The van der Waals surface area contributed by atoms with E-state index in [0.29, 0.717) is 53.5 Å². The van der Waals surface area contributed by atoms with Gasteiger partial charge in [0.05, 0.1) is 19.7 Å². The Morgan fingerprint density at radius 1 is 1.09 bits per heavy atom. The molecule has 0 aliphatic carbocycles. The number of nitrogens with one attached hydrogen (secondary N) is 3. The molecule has 3 heterocycles. The fourth-order valence-electron chi connectivity index (χ4n) is 5.73. The molecule has 6 bridgehead atoms. The van der Waals surface area contributed by atoms with Gasteiger partial charge in [-0.25, -0.2) is 4.39 Å². The highest BCUT2D eigenvalue weighted by Crippen LogP contribution is 2.33. The Labute approximate surface area is 270 Å². The molecule has 244 valence electrons. The zero-order chi connectivity index (χ0) is 32.9. The Kier molecular flexibility index (Phi) is 9.34. The molecule has 3 N–H and O–H groups in total. The average Bonchev–Trinajstić information content (AvgIpc) is 3.46. The molecule has 0 spiro atoms. The maximum Gasteiger partial charge on any atom is 0.258 e. The van der Waals surface area contributed by atoms with E-state index in [0.717, 1.165) is 5.56 Å². The Morgan fingerprint density at radius 3 is 2.77 bits per heavy atom. The van der Waals surface area contributed by atoms with E-state index in [9.17, 15) is 18.8 Å². The van der Waals surface area contributed by atoms with Gasteiger partial charge in [0, 0.05) is 56.1 Å². The van der Waals surface area contributed by atoms with Gasteiger partial charge in [-0.2, -0.15) is 5.10 Å². The Hall–Kier alpha value is -5.43.